The van der Waals surface area contributed by atoms with E-state index in [1.54, 1.807) is 18.2 Å². The minimum atomic E-state index is -0.226. The first-order valence-corrected chi connectivity index (χ1v) is 6.61. The summed E-state index contributed by atoms with van der Waals surface area (Å²) < 4.78 is 12.9. The molecule has 0 aliphatic rings. The molecule has 0 amide bonds. The molecule has 0 aromatic heterocycles. The molecule has 2 aromatic rings. The zero-order valence-corrected chi connectivity index (χ0v) is 11.6. The third kappa shape index (κ3) is 3.43. The van der Waals surface area contributed by atoms with Gasteiger partial charge in [-0.15, -0.1) is 0 Å². The van der Waals surface area contributed by atoms with Crippen LogP contribution in [-0.4, -0.2) is 0 Å². The second kappa shape index (κ2) is 6.31. The monoisotopic (exact) mass is 268 g/mol. The Bertz CT molecular complexity index is 614. The maximum atomic E-state index is 12.9. The predicted molar refractivity (Wildman–Crippen MR) is 77.5 cm³/mol. The molecule has 0 radical (unpaired) electrons. The minimum absolute atomic E-state index is 0.108. The largest absolute Gasteiger partial charge is 0.304 e. The molecule has 0 bridgehead atoms. The predicted octanol–water partition coefficient (Wildman–Crippen LogP) is 4.11. The van der Waals surface area contributed by atoms with Crippen molar-refractivity contribution in [3.05, 3.63) is 71.0 Å². The highest BCUT2D eigenvalue weighted by Gasteiger charge is 2.11. The van der Waals surface area contributed by atoms with Crippen molar-refractivity contribution in [1.29, 1.82) is 5.26 Å². The Hall–Kier alpha value is -2.18. The average molecular weight is 268 g/mol. The Morgan fingerprint density at radius 2 is 1.65 bits per heavy atom. The van der Waals surface area contributed by atoms with Gasteiger partial charge in [0.15, 0.2) is 0 Å². The lowest BCUT2D eigenvalue weighted by Crippen LogP contribution is -2.22. The highest BCUT2D eigenvalue weighted by Crippen LogP contribution is 2.20. The normalized spacial score (nSPS) is 13.5. The zero-order chi connectivity index (χ0) is 14.5. The van der Waals surface area contributed by atoms with E-state index >= 15 is 0 Å². The smallest absolute Gasteiger partial charge is 0.123 e. The number of hydrogen-bond donors (Lipinski definition) is 1. The van der Waals surface area contributed by atoms with Crippen molar-refractivity contribution in [2.24, 2.45) is 0 Å². The van der Waals surface area contributed by atoms with Gasteiger partial charge in [0.25, 0.3) is 0 Å². The van der Waals surface area contributed by atoms with Crippen LogP contribution >= 0.6 is 0 Å². The molecule has 0 saturated carbocycles. The maximum Gasteiger partial charge on any atom is 0.123 e. The highest BCUT2D eigenvalue weighted by atomic mass is 19.1. The van der Waals surface area contributed by atoms with Gasteiger partial charge in [0, 0.05) is 12.1 Å². The van der Waals surface area contributed by atoms with Gasteiger partial charge >= 0.3 is 0 Å². The van der Waals surface area contributed by atoms with Gasteiger partial charge in [-0.2, -0.15) is 5.26 Å². The molecule has 2 unspecified atom stereocenters. The SMILES string of the molecule is CC(NC(C)c1cccc(C#N)c1)c1ccc(F)cc1. The van der Waals surface area contributed by atoms with E-state index in [0.717, 1.165) is 11.1 Å². The standard InChI is InChI=1S/C17H17FN2/c1-12(15-6-8-17(18)9-7-15)20-13(2)16-5-3-4-14(10-16)11-19/h3-10,12-13,20H,1-2H3. The number of hydrogen-bond acceptors (Lipinski definition) is 2. The lowest BCUT2D eigenvalue weighted by molar-refractivity contribution is 0.494. The topological polar surface area (TPSA) is 35.8 Å². The molecule has 2 rings (SSSR count). The molecule has 0 fully saturated rings. The number of nitriles is 1. The van der Waals surface area contributed by atoms with Crippen molar-refractivity contribution >= 4 is 0 Å². The molecule has 0 aliphatic carbocycles. The molecule has 1 N–H and O–H groups in total. The lowest BCUT2D eigenvalue weighted by Gasteiger charge is -2.21. The van der Waals surface area contributed by atoms with Crippen molar-refractivity contribution in [2.45, 2.75) is 25.9 Å². The van der Waals surface area contributed by atoms with Gasteiger partial charge in [0.05, 0.1) is 11.6 Å². The third-order valence-corrected chi connectivity index (χ3v) is 3.39. The van der Waals surface area contributed by atoms with Crippen molar-refractivity contribution < 1.29 is 4.39 Å². The van der Waals surface area contributed by atoms with E-state index in [1.165, 1.54) is 12.1 Å². The first-order chi connectivity index (χ1) is 9.60. The number of rotatable bonds is 4. The second-order valence-electron chi connectivity index (χ2n) is 4.90. The summed E-state index contributed by atoms with van der Waals surface area (Å²) >= 11 is 0. The van der Waals surface area contributed by atoms with E-state index < -0.39 is 0 Å². The molecule has 0 saturated heterocycles. The average Bonchev–Trinajstić information content (AvgIpc) is 2.47. The van der Waals surface area contributed by atoms with Crippen molar-refractivity contribution in [1.82, 2.24) is 5.32 Å². The minimum Gasteiger partial charge on any atom is -0.304 e. The second-order valence-corrected chi connectivity index (χ2v) is 4.90. The van der Waals surface area contributed by atoms with Gasteiger partial charge in [-0.05, 0) is 49.2 Å². The summed E-state index contributed by atoms with van der Waals surface area (Å²) in [5, 5.41) is 12.4. The van der Waals surface area contributed by atoms with Crippen molar-refractivity contribution in [3.63, 3.8) is 0 Å². The molecule has 2 nitrogen and oxygen atoms in total. The molecule has 2 aromatic carbocycles. The first-order valence-electron chi connectivity index (χ1n) is 6.61. The fraction of sp³-hybridized carbons (Fsp3) is 0.235. The summed E-state index contributed by atoms with van der Waals surface area (Å²) in [6.45, 7) is 4.09. The van der Waals surface area contributed by atoms with Crippen LogP contribution < -0.4 is 5.32 Å². The van der Waals surface area contributed by atoms with E-state index in [2.05, 4.69) is 18.3 Å². The first kappa shape index (κ1) is 14.2. The molecule has 102 valence electrons. The Labute approximate surface area is 118 Å². The van der Waals surface area contributed by atoms with Crippen LogP contribution in [0.4, 0.5) is 4.39 Å². The highest BCUT2D eigenvalue weighted by molar-refractivity contribution is 5.34. The maximum absolute atomic E-state index is 12.9. The van der Waals surface area contributed by atoms with Crippen LogP contribution in [0.1, 0.15) is 42.6 Å². The molecule has 0 heterocycles. The number of halogens is 1. The summed E-state index contributed by atoms with van der Waals surface area (Å²) in [6.07, 6.45) is 0. The van der Waals surface area contributed by atoms with Crippen LogP contribution in [0.3, 0.4) is 0 Å². The fourth-order valence-corrected chi connectivity index (χ4v) is 2.20. The molecule has 0 spiro atoms. The molecular formula is C17H17FN2. The Morgan fingerprint density at radius 3 is 2.30 bits per heavy atom. The van der Waals surface area contributed by atoms with E-state index in [1.807, 2.05) is 25.1 Å². The van der Waals surface area contributed by atoms with E-state index in [9.17, 15) is 4.39 Å². The van der Waals surface area contributed by atoms with Crippen molar-refractivity contribution in [3.8, 4) is 6.07 Å². The number of nitrogens with zero attached hydrogens (tertiary/aromatic N) is 1. The fourth-order valence-electron chi connectivity index (χ4n) is 2.20. The Balaban J connectivity index is 2.08. The van der Waals surface area contributed by atoms with Crippen molar-refractivity contribution in [2.75, 3.05) is 0 Å². The number of nitrogens with one attached hydrogen (secondary N) is 1. The summed E-state index contributed by atoms with van der Waals surface area (Å²) in [6, 6.07) is 16.4. The third-order valence-electron chi connectivity index (χ3n) is 3.39. The quantitative estimate of drug-likeness (QED) is 0.905. The van der Waals surface area contributed by atoms with E-state index in [0.29, 0.717) is 5.56 Å². The van der Waals surface area contributed by atoms with Crippen LogP contribution in [0.15, 0.2) is 48.5 Å². The number of benzene rings is 2. The Morgan fingerprint density at radius 1 is 1.00 bits per heavy atom. The molecule has 3 heteroatoms. The van der Waals surface area contributed by atoms with Gasteiger partial charge in [-0.3, -0.25) is 0 Å². The van der Waals surface area contributed by atoms with Crippen LogP contribution in [0.2, 0.25) is 0 Å². The molecule has 0 aliphatic heterocycles. The summed E-state index contributed by atoms with van der Waals surface area (Å²) in [5.41, 5.74) is 2.76. The van der Waals surface area contributed by atoms with E-state index in [-0.39, 0.29) is 17.9 Å². The zero-order valence-electron chi connectivity index (χ0n) is 11.6. The van der Waals surface area contributed by atoms with Gasteiger partial charge in [-0.1, -0.05) is 24.3 Å². The van der Waals surface area contributed by atoms with Crippen LogP contribution in [0.5, 0.6) is 0 Å². The van der Waals surface area contributed by atoms with Crippen LogP contribution in [0, 0.1) is 17.1 Å². The van der Waals surface area contributed by atoms with Gasteiger partial charge in [0.2, 0.25) is 0 Å². The summed E-state index contributed by atoms with van der Waals surface area (Å²) in [5.74, 6) is -0.226. The van der Waals surface area contributed by atoms with Gasteiger partial charge in [0.1, 0.15) is 5.82 Å². The van der Waals surface area contributed by atoms with Crippen LogP contribution in [0.25, 0.3) is 0 Å². The van der Waals surface area contributed by atoms with E-state index in [4.69, 9.17) is 5.26 Å². The molecular weight excluding hydrogens is 251 g/mol. The summed E-state index contributed by atoms with van der Waals surface area (Å²) in [4.78, 5) is 0. The van der Waals surface area contributed by atoms with Gasteiger partial charge in [-0.25, -0.2) is 4.39 Å². The van der Waals surface area contributed by atoms with Crippen LogP contribution in [-0.2, 0) is 0 Å². The molecule has 20 heavy (non-hydrogen) atoms. The summed E-state index contributed by atoms with van der Waals surface area (Å²) in [7, 11) is 0. The van der Waals surface area contributed by atoms with Gasteiger partial charge < -0.3 is 5.32 Å². The molecule has 2 atom stereocenters. The lowest BCUT2D eigenvalue weighted by atomic mass is 10.0. The Kier molecular flexibility index (Phi) is 4.49.